The van der Waals surface area contributed by atoms with Crippen molar-refractivity contribution in [3.8, 4) is 0 Å². The summed E-state index contributed by atoms with van der Waals surface area (Å²) in [7, 11) is 1.57. The zero-order chi connectivity index (χ0) is 20.5. The van der Waals surface area contributed by atoms with Gasteiger partial charge in [-0.05, 0) is 29.0 Å². The van der Waals surface area contributed by atoms with Crippen LogP contribution in [0.2, 0.25) is 0 Å². The van der Waals surface area contributed by atoms with E-state index in [2.05, 4.69) is 24.9 Å². The summed E-state index contributed by atoms with van der Waals surface area (Å²) in [4.78, 5) is 33.0. The molecule has 0 bridgehead atoms. The molecule has 0 aromatic carbocycles. The van der Waals surface area contributed by atoms with E-state index in [4.69, 9.17) is 0 Å². The van der Waals surface area contributed by atoms with Gasteiger partial charge in [-0.1, -0.05) is 37.7 Å². The van der Waals surface area contributed by atoms with E-state index >= 15 is 0 Å². The summed E-state index contributed by atoms with van der Waals surface area (Å²) in [5.74, 6) is 0.297. The molecule has 0 aliphatic heterocycles. The van der Waals surface area contributed by atoms with E-state index < -0.39 is 0 Å². The highest BCUT2D eigenvalue weighted by Gasteiger charge is 2.22. The van der Waals surface area contributed by atoms with Crippen LogP contribution in [-0.2, 0) is 20.0 Å². The number of thiophene rings is 2. The van der Waals surface area contributed by atoms with E-state index in [0.29, 0.717) is 24.3 Å². The van der Waals surface area contributed by atoms with Gasteiger partial charge in [0.25, 0.3) is 5.56 Å². The number of hydrogen-bond donors (Lipinski definition) is 0. The first-order valence-corrected chi connectivity index (χ1v) is 11.8. The van der Waals surface area contributed by atoms with Crippen LogP contribution < -0.4 is 11.2 Å². The minimum absolute atomic E-state index is 0.224. The van der Waals surface area contributed by atoms with E-state index in [1.54, 1.807) is 52.2 Å². The lowest BCUT2D eigenvalue weighted by Gasteiger charge is -2.11. The lowest BCUT2D eigenvalue weighted by Crippen LogP contribution is -2.38. The monoisotopic (exact) mass is 443 g/mol. The predicted octanol–water partition coefficient (Wildman–Crippen LogP) is 4.62. The zero-order valence-electron chi connectivity index (χ0n) is 16.4. The molecule has 0 unspecified atom stereocenters. The fourth-order valence-corrected chi connectivity index (χ4v) is 6.63. The van der Waals surface area contributed by atoms with Crippen molar-refractivity contribution >= 4 is 44.7 Å². The van der Waals surface area contributed by atoms with Crippen LogP contribution in [0.1, 0.15) is 24.3 Å². The van der Waals surface area contributed by atoms with Gasteiger partial charge in [0.15, 0.2) is 0 Å². The molecule has 0 saturated carbocycles. The van der Waals surface area contributed by atoms with Gasteiger partial charge in [-0.3, -0.25) is 18.9 Å². The fourth-order valence-electron chi connectivity index (χ4n) is 3.21. The van der Waals surface area contributed by atoms with Crippen LogP contribution in [0.3, 0.4) is 0 Å². The number of fused-ring (bicyclic) bond motifs is 1. The Morgan fingerprint density at radius 3 is 2.69 bits per heavy atom. The van der Waals surface area contributed by atoms with Crippen LogP contribution in [0.25, 0.3) is 10.2 Å². The molecule has 4 aromatic rings. The van der Waals surface area contributed by atoms with Crippen LogP contribution in [-0.4, -0.2) is 14.1 Å². The maximum atomic E-state index is 13.1. The summed E-state index contributed by atoms with van der Waals surface area (Å²) in [5, 5.41) is 2.68. The van der Waals surface area contributed by atoms with E-state index in [-0.39, 0.29) is 11.2 Å². The molecular weight excluding hydrogens is 422 g/mol. The first-order chi connectivity index (χ1) is 14.0. The summed E-state index contributed by atoms with van der Waals surface area (Å²) in [6.45, 7) is 4.74. The number of hydrogen-bond acceptors (Lipinski definition) is 6. The fraction of sp³-hybridized carbons (Fsp3) is 0.286. The van der Waals surface area contributed by atoms with Crippen molar-refractivity contribution in [2.24, 2.45) is 13.0 Å². The van der Waals surface area contributed by atoms with Crippen molar-refractivity contribution in [2.45, 2.75) is 35.9 Å². The van der Waals surface area contributed by atoms with E-state index in [0.717, 1.165) is 24.4 Å². The second-order valence-corrected chi connectivity index (χ2v) is 10.6. The lowest BCUT2D eigenvalue weighted by atomic mass is 10.2. The average molecular weight is 444 g/mol. The standard InChI is InChI=1S/C21H21N3O2S3/c1-13(2)12-24-20-17(19(25)23(3)21(24)26)18(29-16-7-5-9-27-16)15(28-20)10-14-6-4-8-22-11-14/h4-9,11,13H,10,12H2,1-3H3. The Kier molecular flexibility index (Phi) is 5.76. The maximum absolute atomic E-state index is 13.1. The van der Waals surface area contributed by atoms with Gasteiger partial charge in [-0.15, -0.1) is 22.7 Å². The van der Waals surface area contributed by atoms with Crippen molar-refractivity contribution in [2.75, 3.05) is 0 Å². The Bertz CT molecular complexity index is 1250. The summed E-state index contributed by atoms with van der Waals surface area (Å²) >= 11 is 4.81. The molecule has 0 radical (unpaired) electrons. The average Bonchev–Trinajstić information content (AvgIpc) is 3.33. The Morgan fingerprint density at radius 1 is 1.21 bits per heavy atom. The van der Waals surface area contributed by atoms with Gasteiger partial charge >= 0.3 is 5.69 Å². The van der Waals surface area contributed by atoms with Gasteiger partial charge in [0.2, 0.25) is 0 Å². The molecule has 4 rings (SSSR count). The van der Waals surface area contributed by atoms with E-state index in [9.17, 15) is 9.59 Å². The summed E-state index contributed by atoms with van der Waals surface area (Å²) in [6, 6.07) is 8.02. The Balaban J connectivity index is 1.99. The number of aromatic nitrogens is 3. The third-order valence-electron chi connectivity index (χ3n) is 4.53. The third kappa shape index (κ3) is 3.97. The molecule has 0 aliphatic carbocycles. The van der Waals surface area contributed by atoms with Crippen molar-refractivity contribution in [1.82, 2.24) is 14.1 Å². The third-order valence-corrected chi connectivity index (χ3v) is 8.06. The van der Waals surface area contributed by atoms with Crippen molar-refractivity contribution in [3.05, 3.63) is 73.3 Å². The quantitative estimate of drug-likeness (QED) is 0.436. The van der Waals surface area contributed by atoms with Crippen molar-refractivity contribution in [1.29, 1.82) is 0 Å². The summed E-state index contributed by atoms with van der Waals surface area (Å²) in [5.41, 5.74) is 0.609. The normalized spacial score (nSPS) is 11.6. The van der Waals surface area contributed by atoms with E-state index in [1.165, 1.54) is 4.57 Å². The largest absolute Gasteiger partial charge is 0.331 e. The molecule has 4 aromatic heterocycles. The molecular formula is C21H21N3O2S3. The highest BCUT2D eigenvalue weighted by Crippen LogP contribution is 2.42. The SMILES string of the molecule is CC(C)Cn1c(=O)n(C)c(=O)c2c(Sc3cccs3)c(Cc3cccnc3)sc21. The van der Waals surface area contributed by atoms with Gasteiger partial charge in [0, 0.05) is 42.2 Å². The highest BCUT2D eigenvalue weighted by molar-refractivity contribution is 8.01. The molecule has 0 spiro atoms. The highest BCUT2D eigenvalue weighted by atomic mass is 32.2. The second-order valence-electron chi connectivity index (χ2n) is 7.26. The van der Waals surface area contributed by atoms with Crippen LogP contribution in [0, 0.1) is 5.92 Å². The van der Waals surface area contributed by atoms with Crippen LogP contribution in [0.15, 0.2) is 60.7 Å². The van der Waals surface area contributed by atoms with Crippen LogP contribution in [0.5, 0.6) is 0 Å². The number of rotatable bonds is 6. The number of pyridine rings is 1. The molecule has 29 heavy (non-hydrogen) atoms. The molecule has 0 N–H and O–H groups in total. The molecule has 8 heteroatoms. The first-order valence-electron chi connectivity index (χ1n) is 9.31. The zero-order valence-corrected chi connectivity index (χ0v) is 18.9. The maximum Gasteiger partial charge on any atom is 0.331 e. The first kappa shape index (κ1) is 20.1. The Morgan fingerprint density at radius 2 is 2.03 bits per heavy atom. The molecule has 0 fully saturated rings. The molecule has 5 nitrogen and oxygen atoms in total. The number of nitrogens with zero attached hydrogens (tertiary/aromatic N) is 3. The summed E-state index contributed by atoms with van der Waals surface area (Å²) < 4.78 is 4.13. The van der Waals surface area contributed by atoms with E-state index in [1.807, 2.05) is 29.8 Å². The molecule has 0 amide bonds. The molecule has 0 atom stereocenters. The smallest absolute Gasteiger partial charge is 0.284 e. The Hall–Kier alpha value is -2.16. The van der Waals surface area contributed by atoms with Crippen LogP contribution >= 0.6 is 34.4 Å². The van der Waals surface area contributed by atoms with Crippen molar-refractivity contribution in [3.63, 3.8) is 0 Å². The minimum Gasteiger partial charge on any atom is -0.284 e. The van der Waals surface area contributed by atoms with Crippen LogP contribution in [0.4, 0.5) is 0 Å². The van der Waals surface area contributed by atoms with Crippen molar-refractivity contribution < 1.29 is 0 Å². The van der Waals surface area contributed by atoms with Gasteiger partial charge < -0.3 is 0 Å². The minimum atomic E-state index is -0.252. The van der Waals surface area contributed by atoms with Gasteiger partial charge in [0.05, 0.1) is 9.60 Å². The predicted molar refractivity (Wildman–Crippen MR) is 122 cm³/mol. The van der Waals surface area contributed by atoms with Gasteiger partial charge in [-0.2, -0.15) is 0 Å². The topological polar surface area (TPSA) is 56.9 Å². The lowest BCUT2D eigenvalue weighted by molar-refractivity contribution is 0.504. The molecule has 0 aliphatic rings. The molecule has 150 valence electrons. The molecule has 0 saturated heterocycles. The van der Waals surface area contributed by atoms with Gasteiger partial charge in [0.1, 0.15) is 4.83 Å². The second kappa shape index (κ2) is 8.30. The molecule has 4 heterocycles. The summed E-state index contributed by atoms with van der Waals surface area (Å²) in [6.07, 6.45) is 4.29. The Labute approximate surface area is 180 Å². The van der Waals surface area contributed by atoms with Gasteiger partial charge in [-0.25, -0.2) is 4.79 Å².